The molecule has 0 saturated heterocycles. The fourth-order valence-electron chi connectivity index (χ4n) is 0.914. The van der Waals surface area contributed by atoms with Gasteiger partial charge < -0.3 is 0 Å². The van der Waals surface area contributed by atoms with Crippen LogP contribution in [0, 0.1) is 5.75 Å². The molecule has 1 heteroatoms. The van der Waals surface area contributed by atoms with E-state index in [1.165, 1.54) is 24.2 Å². The molecule has 0 heterocycles. The highest BCUT2D eigenvalue weighted by atomic mass is 32.2. The van der Waals surface area contributed by atoms with Gasteiger partial charge in [0.1, 0.15) is 0 Å². The van der Waals surface area contributed by atoms with Crippen molar-refractivity contribution >= 4 is 11.8 Å². The van der Waals surface area contributed by atoms with Gasteiger partial charge >= 0.3 is 0 Å². The lowest BCUT2D eigenvalue weighted by molar-refractivity contribution is 0.897. The zero-order valence-corrected chi connectivity index (χ0v) is 8.31. The minimum absolute atomic E-state index is 1.24. The Balaban J connectivity index is 2.16. The minimum Gasteiger partial charge on any atom is -0.152 e. The molecule has 1 aromatic rings. The largest absolute Gasteiger partial charge is 0.152 e. The van der Waals surface area contributed by atoms with Crippen LogP contribution in [0.1, 0.15) is 25.3 Å². The van der Waals surface area contributed by atoms with Gasteiger partial charge in [0, 0.05) is 5.75 Å². The van der Waals surface area contributed by atoms with Crippen molar-refractivity contribution in [1.29, 1.82) is 0 Å². The zero-order valence-electron chi connectivity index (χ0n) is 7.49. The summed E-state index contributed by atoms with van der Waals surface area (Å²) in [6, 6.07) is 10.5. The van der Waals surface area contributed by atoms with Gasteiger partial charge in [0.25, 0.3) is 0 Å². The molecule has 1 aromatic carbocycles. The smallest absolute Gasteiger partial charge is 0.0456 e. The van der Waals surface area contributed by atoms with Crippen LogP contribution in [0.4, 0.5) is 0 Å². The van der Waals surface area contributed by atoms with Gasteiger partial charge in [-0.3, -0.25) is 0 Å². The molecule has 1 radical (unpaired) electrons. The summed E-state index contributed by atoms with van der Waals surface area (Å²) in [7, 11) is 0. The third kappa shape index (κ3) is 3.82. The summed E-state index contributed by atoms with van der Waals surface area (Å²) in [5.74, 6) is 3.47. The third-order valence-corrected chi connectivity index (χ3v) is 2.60. The fourth-order valence-corrected chi connectivity index (χ4v) is 1.84. The van der Waals surface area contributed by atoms with E-state index in [1.807, 2.05) is 17.8 Å². The molecule has 0 spiro atoms. The summed E-state index contributed by atoms with van der Waals surface area (Å²) in [6.07, 6.45) is 2.60. The molecule has 0 unspecified atom stereocenters. The van der Waals surface area contributed by atoms with Gasteiger partial charge in [-0.05, 0) is 17.7 Å². The first kappa shape index (κ1) is 9.66. The van der Waals surface area contributed by atoms with Gasteiger partial charge in [0.05, 0.1) is 0 Å². The van der Waals surface area contributed by atoms with Crippen LogP contribution in [0.5, 0.6) is 0 Å². The highest BCUT2D eigenvalue weighted by molar-refractivity contribution is 8.01. The number of rotatable bonds is 5. The predicted molar refractivity (Wildman–Crippen MR) is 57.2 cm³/mol. The van der Waals surface area contributed by atoms with Gasteiger partial charge in [-0.15, -0.1) is 0 Å². The summed E-state index contributed by atoms with van der Waals surface area (Å²) in [4.78, 5) is 0. The van der Waals surface area contributed by atoms with E-state index in [1.54, 1.807) is 0 Å². The SMILES string of the molecule is CCCCS[CH]c1ccccc1. The van der Waals surface area contributed by atoms with Crippen LogP contribution >= 0.6 is 11.8 Å². The molecule has 0 bridgehead atoms. The number of unbranched alkanes of at least 4 members (excludes halogenated alkanes) is 1. The summed E-state index contributed by atoms with van der Waals surface area (Å²) < 4.78 is 0. The van der Waals surface area contributed by atoms with E-state index in [0.29, 0.717) is 0 Å². The van der Waals surface area contributed by atoms with Gasteiger partial charge in [0.15, 0.2) is 0 Å². The molecule has 65 valence electrons. The first-order valence-corrected chi connectivity index (χ1v) is 5.48. The lowest BCUT2D eigenvalue weighted by Crippen LogP contribution is -1.79. The molecular weight excluding hydrogens is 164 g/mol. The first-order chi connectivity index (χ1) is 5.93. The van der Waals surface area contributed by atoms with E-state index >= 15 is 0 Å². The van der Waals surface area contributed by atoms with Crippen molar-refractivity contribution in [3.05, 3.63) is 41.6 Å². The van der Waals surface area contributed by atoms with Gasteiger partial charge in [-0.25, -0.2) is 0 Å². The Morgan fingerprint density at radius 3 is 2.67 bits per heavy atom. The monoisotopic (exact) mass is 179 g/mol. The van der Waals surface area contributed by atoms with E-state index in [9.17, 15) is 0 Å². The Morgan fingerprint density at radius 1 is 1.25 bits per heavy atom. The Kier molecular flexibility index (Phi) is 4.93. The second kappa shape index (κ2) is 6.13. The van der Waals surface area contributed by atoms with Crippen molar-refractivity contribution < 1.29 is 0 Å². The number of hydrogen-bond donors (Lipinski definition) is 0. The van der Waals surface area contributed by atoms with Crippen LogP contribution in [0.15, 0.2) is 30.3 Å². The lowest BCUT2D eigenvalue weighted by atomic mass is 10.2. The molecule has 1 rings (SSSR count). The first-order valence-electron chi connectivity index (χ1n) is 4.43. The highest BCUT2D eigenvalue weighted by Gasteiger charge is 1.91. The van der Waals surface area contributed by atoms with E-state index in [2.05, 4.69) is 36.9 Å². The van der Waals surface area contributed by atoms with Crippen molar-refractivity contribution in [2.75, 3.05) is 5.75 Å². The van der Waals surface area contributed by atoms with Crippen LogP contribution in [0.25, 0.3) is 0 Å². The Hall–Kier alpha value is -0.430. The van der Waals surface area contributed by atoms with Gasteiger partial charge in [-0.2, -0.15) is 11.8 Å². The van der Waals surface area contributed by atoms with Crippen LogP contribution in [-0.4, -0.2) is 5.75 Å². The molecule has 0 aliphatic carbocycles. The van der Waals surface area contributed by atoms with E-state index in [0.717, 1.165) is 0 Å². The number of hydrogen-bond acceptors (Lipinski definition) is 1. The average Bonchev–Trinajstić information content (AvgIpc) is 2.14. The van der Waals surface area contributed by atoms with Crippen LogP contribution in [-0.2, 0) is 0 Å². The molecule has 0 saturated carbocycles. The molecule has 0 nitrogen and oxygen atoms in total. The highest BCUT2D eigenvalue weighted by Crippen LogP contribution is 2.15. The maximum absolute atomic E-state index is 2.23. The number of benzene rings is 1. The summed E-state index contributed by atoms with van der Waals surface area (Å²) in [5, 5.41) is 0. The van der Waals surface area contributed by atoms with Crippen molar-refractivity contribution in [2.24, 2.45) is 0 Å². The molecular formula is C11H15S. The van der Waals surface area contributed by atoms with Gasteiger partial charge in [-0.1, -0.05) is 43.7 Å². The predicted octanol–water partition coefficient (Wildman–Crippen LogP) is 3.73. The fraction of sp³-hybridized carbons (Fsp3) is 0.364. The van der Waals surface area contributed by atoms with Crippen LogP contribution < -0.4 is 0 Å². The normalized spacial score (nSPS) is 10.1. The quantitative estimate of drug-likeness (QED) is 0.621. The summed E-state index contributed by atoms with van der Waals surface area (Å²) >= 11 is 1.91. The standard InChI is InChI=1S/C11H15S/c1-2-3-9-12-10-11-7-5-4-6-8-11/h4-8,10H,2-3,9H2,1H3. The van der Waals surface area contributed by atoms with Crippen molar-refractivity contribution in [3.63, 3.8) is 0 Å². The summed E-state index contributed by atoms with van der Waals surface area (Å²) in [6.45, 7) is 2.23. The van der Waals surface area contributed by atoms with Crippen molar-refractivity contribution in [1.82, 2.24) is 0 Å². The Morgan fingerprint density at radius 2 is 2.00 bits per heavy atom. The van der Waals surface area contributed by atoms with Crippen LogP contribution in [0.2, 0.25) is 0 Å². The topological polar surface area (TPSA) is 0 Å². The molecule has 0 aliphatic rings. The van der Waals surface area contributed by atoms with E-state index < -0.39 is 0 Å². The number of thioether (sulfide) groups is 1. The summed E-state index contributed by atoms with van der Waals surface area (Å²) in [5.41, 5.74) is 1.32. The Labute approximate surface area is 79.4 Å². The molecule has 0 atom stereocenters. The third-order valence-electron chi connectivity index (χ3n) is 1.63. The Bertz CT molecular complexity index is 193. The molecule has 0 amide bonds. The average molecular weight is 179 g/mol. The second-order valence-corrected chi connectivity index (χ2v) is 3.73. The maximum atomic E-state index is 2.23. The molecule has 0 aromatic heterocycles. The van der Waals surface area contributed by atoms with E-state index in [4.69, 9.17) is 0 Å². The molecule has 0 fully saturated rings. The van der Waals surface area contributed by atoms with Crippen LogP contribution in [0.3, 0.4) is 0 Å². The molecule has 12 heavy (non-hydrogen) atoms. The molecule has 0 N–H and O–H groups in total. The second-order valence-electron chi connectivity index (χ2n) is 2.75. The lowest BCUT2D eigenvalue weighted by Gasteiger charge is -1.98. The van der Waals surface area contributed by atoms with Gasteiger partial charge in [0.2, 0.25) is 0 Å². The van der Waals surface area contributed by atoms with Crippen molar-refractivity contribution in [3.8, 4) is 0 Å². The van der Waals surface area contributed by atoms with E-state index in [-0.39, 0.29) is 0 Å². The minimum atomic E-state index is 1.24. The maximum Gasteiger partial charge on any atom is 0.0456 e. The molecule has 0 aliphatic heterocycles. The zero-order chi connectivity index (χ0) is 8.65. The van der Waals surface area contributed by atoms with Crippen molar-refractivity contribution in [2.45, 2.75) is 19.8 Å².